The molecule has 0 saturated carbocycles. The van der Waals surface area contributed by atoms with Crippen LogP contribution in [-0.2, 0) is 19.9 Å². The van der Waals surface area contributed by atoms with Gasteiger partial charge in [-0.25, -0.2) is 4.98 Å². The van der Waals surface area contributed by atoms with Crippen molar-refractivity contribution in [2.75, 3.05) is 7.11 Å². The zero-order valence-corrected chi connectivity index (χ0v) is 20.1. The van der Waals surface area contributed by atoms with Crippen molar-refractivity contribution in [3.05, 3.63) is 50.9 Å². The Hall–Kier alpha value is -2.65. The summed E-state index contributed by atoms with van der Waals surface area (Å²) in [4.78, 5) is 23.0. The number of rotatable bonds is 5. The van der Waals surface area contributed by atoms with Crippen molar-refractivity contribution in [1.82, 2.24) is 24.7 Å². The molecule has 0 aliphatic heterocycles. The molecule has 0 saturated heterocycles. The Kier molecular flexibility index (Phi) is 5.54. The van der Waals surface area contributed by atoms with E-state index in [2.05, 4.69) is 22.1 Å². The smallest absolute Gasteiger partial charge is 0.259 e. The summed E-state index contributed by atoms with van der Waals surface area (Å²) in [5.74, 6) is 2.87. The fourth-order valence-corrected chi connectivity index (χ4v) is 6.47. The van der Waals surface area contributed by atoms with Gasteiger partial charge in [-0.2, -0.15) is 0 Å². The topological polar surface area (TPSA) is 85.7 Å². The maximum Gasteiger partial charge on any atom is 0.259 e. The van der Waals surface area contributed by atoms with E-state index in [4.69, 9.17) is 9.72 Å². The number of hydrogen-bond donors (Lipinski definition) is 1. The molecule has 1 N–H and O–H groups in total. The Morgan fingerprint density at radius 1 is 1.34 bits per heavy atom. The van der Waals surface area contributed by atoms with E-state index in [9.17, 15) is 4.79 Å². The zero-order valence-electron chi connectivity index (χ0n) is 18.5. The molecule has 0 bridgehead atoms. The Labute approximate surface area is 194 Å². The van der Waals surface area contributed by atoms with Crippen LogP contribution in [0, 0.1) is 5.92 Å². The molecule has 4 aromatic rings. The summed E-state index contributed by atoms with van der Waals surface area (Å²) >= 11 is 3.21. The van der Waals surface area contributed by atoms with Crippen LogP contribution in [0.5, 0.6) is 5.75 Å². The van der Waals surface area contributed by atoms with Crippen LogP contribution in [0.2, 0.25) is 0 Å². The highest BCUT2D eigenvalue weighted by atomic mass is 32.2. The molecule has 166 valence electrons. The van der Waals surface area contributed by atoms with Crippen LogP contribution in [0.1, 0.15) is 41.8 Å². The molecule has 0 spiro atoms. The number of thiophene rings is 1. The molecule has 1 aliphatic rings. The maximum atomic E-state index is 12.9. The third-order valence-electron chi connectivity index (χ3n) is 6.01. The number of ether oxygens (including phenoxy) is 1. The first-order valence-electron chi connectivity index (χ1n) is 10.7. The molecule has 3 heterocycles. The Morgan fingerprint density at radius 3 is 3.00 bits per heavy atom. The molecule has 0 unspecified atom stereocenters. The number of benzene rings is 1. The summed E-state index contributed by atoms with van der Waals surface area (Å²) in [6, 6.07) is 7.76. The minimum absolute atomic E-state index is 0.0282. The van der Waals surface area contributed by atoms with E-state index in [-0.39, 0.29) is 10.8 Å². The highest BCUT2D eigenvalue weighted by Crippen LogP contribution is 2.38. The predicted molar refractivity (Wildman–Crippen MR) is 129 cm³/mol. The molecule has 0 fully saturated rings. The number of fused-ring (bicyclic) bond motifs is 3. The second kappa shape index (κ2) is 8.37. The van der Waals surface area contributed by atoms with Gasteiger partial charge in [-0.3, -0.25) is 4.79 Å². The van der Waals surface area contributed by atoms with Crippen LogP contribution >= 0.6 is 23.1 Å². The molecule has 2 atom stereocenters. The fourth-order valence-electron chi connectivity index (χ4n) is 4.20. The minimum atomic E-state index is -0.0776. The predicted octanol–water partition coefficient (Wildman–Crippen LogP) is 4.77. The molecule has 9 heteroatoms. The van der Waals surface area contributed by atoms with Gasteiger partial charge in [0.15, 0.2) is 11.0 Å². The highest BCUT2D eigenvalue weighted by Gasteiger charge is 2.24. The van der Waals surface area contributed by atoms with Crippen molar-refractivity contribution in [2.24, 2.45) is 13.0 Å². The van der Waals surface area contributed by atoms with E-state index in [0.717, 1.165) is 51.8 Å². The lowest BCUT2D eigenvalue weighted by molar-refractivity contribution is 0.415. The van der Waals surface area contributed by atoms with Gasteiger partial charge in [-0.15, -0.1) is 21.5 Å². The van der Waals surface area contributed by atoms with Crippen LogP contribution in [0.4, 0.5) is 0 Å². The number of H-pyrrole nitrogens is 1. The quantitative estimate of drug-likeness (QED) is 0.426. The number of nitrogens with one attached hydrogen (secondary N) is 1. The summed E-state index contributed by atoms with van der Waals surface area (Å²) in [5, 5.41) is 10.2. The van der Waals surface area contributed by atoms with Gasteiger partial charge in [0.05, 0.1) is 17.7 Å². The summed E-state index contributed by atoms with van der Waals surface area (Å²) in [6.07, 6.45) is 3.15. The number of aromatic nitrogens is 5. The number of thioether (sulfide) groups is 1. The van der Waals surface area contributed by atoms with Crippen molar-refractivity contribution in [3.8, 4) is 17.1 Å². The monoisotopic (exact) mass is 467 g/mol. The van der Waals surface area contributed by atoms with E-state index in [1.165, 1.54) is 22.2 Å². The van der Waals surface area contributed by atoms with Crippen LogP contribution in [0.3, 0.4) is 0 Å². The van der Waals surface area contributed by atoms with Crippen molar-refractivity contribution in [1.29, 1.82) is 0 Å². The van der Waals surface area contributed by atoms with Crippen LogP contribution in [0.15, 0.2) is 34.2 Å². The second-order valence-corrected chi connectivity index (χ2v) is 10.7. The number of methoxy groups -OCH3 is 1. The van der Waals surface area contributed by atoms with Gasteiger partial charge in [0.2, 0.25) is 0 Å². The fraction of sp³-hybridized carbons (Fsp3) is 0.391. The van der Waals surface area contributed by atoms with E-state index in [1.807, 2.05) is 42.8 Å². The minimum Gasteiger partial charge on any atom is -0.497 e. The number of aryl methyl sites for hydroxylation is 1. The van der Waals surface area contributed by atoms with Gasteiger partial charge in [0.25, 0.3) is 5.56 Å². The normalized spacial score (nSPS) is 16.8. The van der Waals surface area contributed by atoms with Gasteiger partial charge in [0.1, 0.15) is 16.4 Å². The largest absolute Gasteiger partial charge is 0.497 e. The van der Waals surface area contributed by atoms with Gasteiger partial charge < -0.3 is 14.3 Å². The first-order valence-corrected chi connectivity index (χ1v) is 12.4. The summed E-state index contributed by atoms with van der Waals surface area (Å²) in [5.41, 5.74) is 2.12. The first-order chi connectivity index (χ1) is 15.4. The molecule has 0 amide bonds. The summed E-state index contributed by atoms with van der Waals surface area (Å²) in [7, 11) is 3.59. The Morgan fingerprint density at radius 2 is 2.19 bits per heavy atom. The summed E-state index contributed by atoms with van der Waals surface area (Å²) < 4.78 is 7.28. The van der Waals surface area contributed by atoms with Crippen molar-refractivity contribution >= 4 is 33.3 Å². The average Bonchev–Trinajstić information content (AvgIpc) is 3.33. The average molecular weight is 468 g/mol. The standard InChI is InChI=1S/C23H25N5O2S2/c1-12-8-9-16-17(10-12)32-22-18(16)21(29)24-19(25-22)13(2)31-23-27-26-20(28(23)3)14-6-5-7-15(11-14)30-4/h5-7,11-13H,8-10H2,1-4H3,(H,24,25,29)/t12-,13+/m1/s1. The molecule has 3 aromatic heterocycles. The van der Waals surface area contributed by atoms with Crippen LogP contribution < -0.4 is 10.3 Å². The lowest BCUT2D eigenvalue weighted by atomic mass is 9.89. The van der Waals surface area contributed by atoms with E-state index >= 15 is 0 Å². The maximum absolute atomic E-state index is 12.9. The number of aromatic amines is 1. The molecule has 0 radical (unpaired) electrons. The van der Waals surface area contributed by atoms with Gasteiger partial charge in [-0.1, -0.05) is 30.8 Å². The Balaban J connectivity index is 1.43. The summed E-state index contributed by atoms with van der Waals surface area (Å²) in [6.45, 7) is 4.31. The van der Waals surface area contributed by atoms with Gasteiger partial charge >= 0.3 is 0 Å². The van der Waals surface area contributed by atoms with Gasteiger partial charge in [0, 0.05) is 17.5 Å². The van der Waals surface area contributed by atoms with E-state index < -0.39 is 0 Å². The zero-order chi connectivity index (χ0) is 22.4. The SMILES string of the molecule is COc1cccc(-c2nnc(S[C@@H](C)c3nc4sc5c(c4c(=O)[nH]3)CC[C@@H](C)C5)n2C)c1. The molecular formula is C23H25N5O2S2. The molecular weight excluding hydrogens is 442 g/mol. The van der Waals surface area contributed by atoms with E-state index in [1.54, 1.807) is 18.4 Å². The molecule has 1 aliphatic carbocycles. The second-order valence-electron chi connectivity index (χ2n) is 8.34. The highest BCUT2D eigenvalue weighted by molar-refractivity contribution is 7.99. The lowest BCUT2D eigenvalue weighted by Gasteiger charge is -2.17. The number of hydrogen-bond acceptors (Lipinski definition) is 7. The lowest BCUT2D eigenvalue weighted by Crippen LogP contribution is -2.15. The third-order valence-corrected chi connectivity index (χ3v) is 8.31. The van der Waals surface area contributed by atoms with E-state index in [0.29, 0.717) is 11.7 Å². The Bertz CT molecular complexity index is 1360. The third kappa shape index (κ3) is 3.73. The first kappa shape index (κ1) is 21.2. The van der Waals surface area contributed by atoms with Crippen LogP contribution in [-0.4, -0.2) is 31.8 Å². The van der Waals surface area contributed by atoms with Crippen molar-refractivity contribution in [3.63, 3.8) is 0 Å². The van der Waals surface area contributed by atoms with Crippen LogP contribution in [0.25, 0.3) is 21.6 Å². The molecule has 1 aromatic carbocycles. The number of nitrogens with zero attached hydrogens (tertiary/aromatic N) is 4. The van der Waals surface area contributed by atoms with Crippen molar-refractivity contribution < 1.29 is 4.74 Å². The molecule has 32 heavy (non-hydrogen) atoms. The molecule has 7 nitrogen and oxygen atoms in total. The van der Waals surface area contributed by atoms with Gasteiger partial charge in [-0.05, 0) is 49.8 Å². The van der Waals surface area contributed by atoms with Crippen molar-refractivity contribution in [2.45, 2.75) is 43.5 Å². The molecule has 5 rings (SSSR count).